The number of hydrogen-bond acceptors (Lipinski definition) is 3. The highest BCUT2D eigenvalue weighted by Gasteiger charge is 2.28. The van der Waals surface area contributed by atoms with E-state index >= 15 is 0 Å². The number of ketones is 1. The van der Waals surface area contributed by atoms with Crippen molar-refractivity contribution >= 4 is 17.5 Å². The number of anilines is 1. The topological polar surface area (TPSA) is 67.4 Å². The maximum atomic E-state index is 12.2. The molecule has 0 radical (unpaired) electrons. The molecule has 2 amide bonds. The second-order valence-corrected chi connectivity index (χ2v) is 5.50. The monoisotopic (exact) mass is 366 g/mol. The standard InChI is InChI=1S/C18H17F3N2O3/c1-12(24)14-5-3-6-15(9-14)23-17(25)22-10-13-4-2-7-16(8-13)26-11-18(19,20)21/h2-9H,10-11H2,1H3,(H2,22,23,25). The molecular formula is C18H17F3N2O3. The highest BCUT2D eigenvalue weighted by molar-refractivity contribution is 5.96. The van der Waals surface area contributed by atoms with Gasteiger partial charge in [-0.2, -0.15) is 13.2 Å². The summed E-state index contributed by atoms with van der Waals surface area (Å²) in [5.41, 5.74) is 1.51. The van der Waals surface area contributed by atoms with E-state index in [0.29, 0.717) is 16.8 Å². The van der Waals surface area contributed by atoms with Gasteiger partial charge < -0.3 is 15.4 Å². The van der Waals surface area contributed by atoms with Crippen LogP contribution in [0.2, 0.25) is 0 Å². The Morgan fingerprint density at radius 3 is 2.50 bits per heavy atom. The molecule has 8 heteroatoms. The van der Waals surface area contributed by atoms with Crippen molar-refractivity contribution in [3.63, 3.8) is 0 Å². The smallest absolute Gasteiger partial charge is 0.422 e. The van der Waals surface area contributed by atoms with Gasteiger partial charge in [0, 0.05) is 17.8 Å². The highest BCUT2D eigenvalue weighted by Crippen LogP contribution is 2.19. The lowest BCUT2D eigenvalue weighted by atomic mass is 10.1. The summed E-state index contributed by atoms with van der Waals surface area (Å²) in [6, 6.07) is 12.0. The third-order valence-corrected chi connectivity index (χ3v) is 3.28. The Hall–Kier alpha value is -3.03. The Kier molecular flexibility index (Phi) is 6.21. The van der Waals surface area contributed by atoms with Gasteiger partial charge in [-0.3, -0.25) is 4.79 Å². The molecule has 0 unspecified atom stereocenters. The van der Waals surface area contributed by atoms with Gasteiger partial charge in [0.05, 0.1) is 0 Å². The van der Waals surface area contributed by atoms with Crippen molar-refractivity contribution in [2.24, 2.45) is 0 Å². The van der Waals surface area contributed by atoms with Crippen molar-refractivity contribution in [1.29, 1.82) is 0 Å². The lowest BCUT2D eigenvalue weighted by Gasteiger charge is -2.11. The third-order valence-electron chi connectivity index (χ3n) is 3.28. The van der Waals surface area contributed by atoms with E-state index in [9.17, 15) is 22.8 Å². The Labute approximate surface area is 148 Å². The van der Waals surface area contributed by atoms with Crippen molar-refractivity contribution in [2.75, 3.05) is 11.9 Å². The summed E-state index contributed by atoms with van der Waals surface area (Å²) < 4.78 is 41.2. The van der Waals surface area contributed by atoms with Crippen LogP contribution in [0.25, 0.3) is 0 Å². The van der Waals surface area contributed by atoms with Gasteiger partial charge in [-0.15, -0.1) is 0 Å². The molecule has 0 aliphatic rings. The first kappa shape index (κ1) is 19.3. The molecule has 0 fully saturated rings. The minimum Gasteiger partial charge on any atom is -0.484 e. The van der Waals surface area contributed by atoms with Crippen LogP contribution in [0.15, 0.2) is 48.5 Å². The average Bonchev–Trinajstić information content (AvgIpc) is 2.58. The number of carbonyl (C=O) groups excluding carboxylic acids is 2. The molecule has 0 bridgehead atoms. The van der Waals surface area contributed by atoms with Gasteiger partial charge in [-0.05, 0) is 36.8 Å². The molecule has 0 spiro atoms. The van der Waals surface area contributed by atoms with Crippen molar-refractivity contribution < 1.29 is 27.5 Å². The van der Waals surface area contributed by atoms with E-state index < -0.39 is 18.8 Å². The molecule has 0 saturated carbocycles. The quantitative estimate of drug-likeness (QED) is 0.755. The first-order valence-electron chi connectivity index (χ1n) is 7.67. The largest absolute Gasteiger partial charge is 0.484 e. The zero-order valence-corrected chi connectivity index (χ0v) is 13.9. The fourth-order valence-corrected chi connectivity index (χ4v) is 2.08. The molecule has 2 N–H and O–H groups in total. The minimum absolute atomic E-state index is 0.0659. The molecule has 0 aromatic heterocycles. The van der Waals surface area contributed by atoms with E-state index in [1.165, 1.54) is 25.1 Å². The summed E-state index contributed by atoms with van der Waals surface area (Å²) >= 11 is 0. The molecule has 2 rings (SSSR count). The average molecular weight is 366 g/mol. The molecular weight excluding hydrogens is 349 g/mol. The number of alkyl halides is 3. The maximum absolute atomic E-state index is 12.2. The van der Waals surface area contributed by atoms with Crippen molar-refractivity contribution in [1.82, 2.24) is 5.32 Å². The van der Waals surface area contributed by atoms with E-state index in [2.05, 4.69) is 15.4 Å². The minimum atomic E-state index is -4.41. The van der Waals surface area contributed by atoms with Crippen LogP contribution in [0.5, 0.6) is 5.75 Å². The number of urea groups is 1. The SMILES string of the molecule is CC(=O)c1cccc(NC(=O)NCc2cccc(OCC(F)(F)F)c2)c1. The van der Waals surface area contributed by atoms with Crippen LogP contribution in [0.4, 0.5) is 23.7 Å². The van der Waals surface area contributed by atoms with E-state index in [1.807, 2.05) is 0 Å². The second-order valence-electron chi connectivity index (χ2n) is 5.50. The summed E-state index contributed by atoms with van der Waals surface area (Å²) in [7, 11) is 0. The van der Waals surface area contributed by atoms with Crippen molar-refractivity contribution in [2.45, 2.75) is 19.6 Å². The Morgan fingerprint density at radius 2 is 1.81 bits per heavy atom. The van der Waals surface area contributed by atoms with Crippen LogP contribution in [-0.2, 0) is 6.54 Å². The van der Waals surface area contributed by atoms with Gasteiger partial charge in [-0.25, -0.2) is 4.79 Å². The zero-order valence-electron chi connectivity index (χ0n) is 13.9. The fourth-order valence-electron chi connectivity index (χ4n) is 2.08. The van der Waals surface area contributed by atoms with Gasteiger partial charge in [0.15, 0.2) is 12.4 Å². The number of hydrogen-bond donors (Lipinski definition) is 2. The number of halogens is 3. The molecule has 0 aliphatic heterocycles. The molecule has 0 saturated heterocycles. The third kappa shape index (κ3) is 6.46. The summed E-state index contributed by atoms with van der Waals surface area (Å²) in [5.74, 6) is -0.0547. The molecule has 26 heavy (non-hydrogen) atoms. The van der Waals surface area contributed by atoms with Gasteiger partial charge in [-0.1, -0.05) is 24.3 Å². The van der Waals surface area contributed by atoms with E-state index in [4.69, 9.17) is 0 Å². The van der Waals surface area contributed by atoms with E-state index in [1.54, 1.807) is 30.3 Å². The van der Waals surface area contributed by atoms with Crippen LogP contribution in [0.1, 0.15) is 22.8 Å². The van der Waals surface area contributed by atoms with Gasteiger partial charge in [0.2, 0.25) is 0 Å². The van der Waals surface area contributed by atoms with Crippen molar-refractivity contribution in [3.8, 4) is 5.75 Å². The van der Waals surface area contributed by atoms with Gasteiger partial charge in [0.1, 0.15) is 5.75 Å². The van der Waals surface area contributed by atoms with Crippen LogP contribution < -0.4 is 15.4 Å². The molecule has 5 nitrogen and oxygen atoms in total. The predicted octanol–water partition coefficient (Wildman–Crippen LogP) is 4.15. The number of Topliss-reactive ketones (excluding diaryl/α,β-unsaturated/α-hetero) is 1. The summed E-state index contributed by atoms with van der Waals surface area (Å²) in [6.45, 7) is 0.144. The van der Waals surface area contributed by atoms with Crippen LogP contribution in [0.3, 0.4) is 0 Å². The maximum Gasteiger partial charge on any atom is 0.422 e. The predicted molar refractivity (Wildman–Crippen MR) is 90.3 cm³/mol. The number of amides is 2. The summed E-state index contributed by atoms with van der Waals surface area (Å²) in [4.78, 5) is 23.3. The van der Waals surface area contributed by atoms with Crippen LogP contribution in [-0.4, -0.2) is 24.6 Å². The molecule has 0 aliphatic carbocycles. The summed E-state index contributed by atoms with van der Waals surface area (Å²) in [5, 5.41) is 5.17. The van der Waals surface area contributed by atoms with E-state index in [0.717, 1.165) is 0 Å². The Morgan fingerprint density at radius 1 is 1.08 bits per heavy atom. The van der Waals surface area contributed by atoms with Crippen LogP contribution >= 0.6 is 0 Å². The van der Waals surface area contributed by atoms with Crippen LogP contribution in [0, 0.1) is 0 Å². The lowest BCUT2D eigenvalue weighted by Crippen LogP contribution is -2.28. The summed E-state index contributed by atoms with van der Waals surface area (Å²) in [6.07, 6.45) is -4.41. The molecule has 138 valence electrons. The molecule has 2 aromatic carbocycles. The first-order chi connectivity index (χ1) is 12.2. The number of nitrogens with one attached hydrogen (secondary N) is 2. The Balaban J connectivity index is 1.89. The van der Waals surface area contributed by atoms with Gasteiger partial charge in [0.25, 0.3) is 0 Å². The number of benzene rings is 2. The van der Waals surface area contributed by atoms with E-state index in [-0.39, 0.29) is 18.1 Å². The lowest BCUT2D eigenvalue weighted by molar-refractivity contribution is -0.153. The highest BCUT2D eigenvalue weighted by atomic mass is 19.4. The Bertz CT molecular complexity index is 791. The number of carbonyl (C=O) groups is 2. The van der Waals surface area contributed by atoms with Crippen molar-refractivity contribution in [3.05, 3.63) is 59.7 Å². The zero-order chi connectivity index (χ0) is 19.2. The molecule has 0 heterocycles. The molecule has 2 aromatic rings. The number of rotatable bonds is 6. The van der Waals surface area contributed by atoms with Gasteiger partial charge >= 0.3 is 12.2 Å². The first-order valence-corrected chi connectivity index (χ1v) is 7.67. The molecule has 0 atom stereocenters. The fraction of sp³-hybridized carbons (Fsp3) is 0.222. The number of ether oxygens (including phenoxy) is 1. The normalized spacial score (nSPS) is 10.9. The second kappa shape index (κ2) is 8.37.